The maximum Gasteiger partial charge on any atom is 0.338 e. The first-order chi connectivity index (χ1) is 14.2. The number of phenolic OH excluding ortho intramolecular Hbond substituents is 6. The van der Waals surface area contributed by atoms with E-state index in [4.69, 9.17) is 9.47 Å². The van der Waals surface area contributed by atoms with E-state index in [1.165, 1.54) is 0 Å². The molecule has 10 heteroatoms. The first-order valence-corrected chi connectivity index (χ1v) is 9.09. The van der Waals surface area contributed by atoms with Crippen molar-refractivity contribution >= 4 is 11.9 Å². The van der Waals surface area contributed by atoms with E-state index in [9.17, 15) is 40.2 Å². The summed E-state index contributed by atoms with van der Waals surface area (Å²) in [4.78, 5) is 24.8. The van der Waals surface area contributed by atoms with Crippen molar-refractivity contribution in [3.63, 3.8) is 0 Å². The zero-order valence-corrected chi connectivity index (χ0v) is 15.6. The Bertz CT molecular complexity index is 858. The summed E-state index contributed by atoms with van der Waals surface area (Å²) in [5.41, 5.74) is -0.404. The Labute approximate surface area is 170 Å². The molecule has 0 amide bonds. The molecule has 1 aliphatic rings. The van der Waals surface area contributed by atoms with E-state index in [1.807, 2.05) is 0 Å². The average molecular weight is 420 g/mol. The summed E-state index contributed by atoms with van der Waals surface area (Å²) in [5.74, 6) is -6.10. The van der Waals surface area contributed by atoms with E-state index in [-0.39, 0.29) is 11.1 Å². The molecule has 0 saturated heterocycles. The summed E-state index contributed by atoms with van der Waals surface area (Å²) >= 11 is 0. The summed E-state index contributed by atoms with van der Waals surface area (Å²) in [7, 11) is 0. The smallest absolute Gasteiger partial charge is 0.338 e. The van der Waals surface area contributed by atoms with Gasteiger partial charge in [-0.3, -0.25) is 0 Å². The molecular weight excluding hydrogens is 400 g/mol. The fourth-order valence-electron chi connectivity index (χ4n) is 3.19. The van der Waals surface area contributed by atoms with Gasteiger partial charge in [-0.05, 0) is 49.9 Å². The summed E-state index contributed by atoms with van der Waals surface area (Å²) in [6.07, 6.45) is 0.579. The van der Waals surface area contributed by atoms with Crippen LogP contribution in [0.2, 0.25) is 0 Å². The zero-order chi connectivity index (χ0) is 22.0. The minimum atomic E-state index is -0.895. The van der Waals surface area contributed by atoms with Crippen molar-refractivity contribution in [2.24, 2.45) is 0 Å². The van der Waals surface area contributed by atoms with Gasteiger partial charge in [-0.15, -0.1) is 0 Å². The number of ether oxygens (including phenoxy) is 2. The molecular formula is C20H20O10. The lowest BCUT2D eigenvalue weighted by Crippen LogP contribution is -2.37. The maximum atomic E-state index is 12.4. The number of rotatable bonds is 4. The van der Waals surface area contributed by atoms with Crippen LogP contribution in [0.4, 0.5) is 0 Å². The van der Waals surface area contributed by atoms with Gasteiger partial charge in [0.2, 0.25) is 0 Å². The molecule has 6 N–H and O–H groups in total. The molecule has 10 nitrogen and oxygen atoms in total. The van der Waals surface area contributed by atoms with Gasteiger partial charge in [-0.2, -0.15) is 0 Å². The van der Waals surface area contributed by atoms with Crippen LogP contribution in [-0.2, 0) is 9.47 Å². The molecule has 30 heavy (non-hydrogen) atoms. The number of esters is 2. The monoisotopic (exact) mass is 420 g/mol. The first kappa shape index (κ1) is 20.9. The maximum absolute atomic E-state index is 12.4. The fraction of sp³-hybridized carbons (Fsp3) is 0.300. The van der Waals surface area contributed by atoms with Crippen molar-refractivity contribution in [1.82, 2.24) is 0 Å². The van der Waals surface area contributed by atoms with Gasteiger partial charge >= 0.3 is 11.9 Å². The molecule has 0 bridgehead atoms. The highest BCUT2D eigenvalue weighted by molar-refractivity contribution is 5.92. The molecule has 1 saturated carbocycles. The number of carbonyl (C=O) groups excluding carboxylic acids is 2. The van der Waals surface area contributed by atoms with Crippen molar-refractivity contribution in [2.75, 3.05) is 0 Å². The Balaban J connectivity index is 1.73. The van der Waals surface area contributed by atoms with Crippen LogP contribution in [0, 0.1) is 0 Å². The molecule has 0 heterocycles. The minimum absolute atomic E-state index is 0.202. The van der Waals surface area contributed by atoms with Crippen LogP contribution in [0.5, 0.6) is 34.5 Å². The number of carbonyl (C=O) groups is 2. The second-order valence-electron chi connectivity index (χ2n) is 6.90. The van der Waals surface area contributed by atoms with Gasteiger partial charge in [-0.1, -0.05) is 0 Å². The van der Waals surface area contributed by atoms with E-state index in [2.05, 4.69) is 0 Å². The topological polar surface area (TPSA) is 174 Å². The lowest BCUT2D eigenvalue weighted by molar-refractivity contribution is -0.0514. The Morgan fingerprint density at radius 3 is 1.23 bits per heavy atom. The number of phenols is 6. The third-order valence-corrected chi connectivity index (χ3v) is 4.77. The second-order valence-corrected chi connectivity index (χ2v) is 6.90. The predicted octanol–water partition coefficient (Wildman–Crippen LogP) is 2.25. The molecule has 160 valence electrons. The van der Waals surface area contributed by atoms with Gasteiger partial charge in [0.05, 0.1) is 11.1 Å². The molecule has 0 aliphatic heterocycles. The highest BCUT2D eigenvalue weighted by atomic mass is 16.6. The highest BCUT2D eigenvalue weighted by Gasteiger charge is 2.33. The van der Waals surface area contributed by atoms with Gasteiger partial charge < -0.3 is 40.1 Å². The average Bonchev–Trinajstić information content (AvgIpc) is 2.70. The lowest BCUT2D eigenvalue weighted by atomic mass is 9.94. The van der Waals surface area contributed by atoms with Crippen LogP contribution < -0.4 is 0 Å². The van der Waals surface area contributed by atoms with E-state index in [1.54, 1.807) is 0 Å². The minimum Gasteiger partial charge on any atom is -0.504 e. The summed E-state index contributed by atoms with van der Waals surface area (Å²) in [5, 5.41) is 57.0. The molecule has 1 aliphatic carbocycles. The molecule has 2 atom stereocenters. The lowest BCUT2D eigenvalue weighted by Gasteiger charge is -2.30. The number of benzene rings is 2. The van der Waals surface area contributed by atoms with Crippen molar-refractivity contribution < 1.29 is 49.7 Å². The largest absolute Gasteiger partial charge is 0.504 e. The second kappa shape index (κ2) is 8.27. The van der Waals surface area contributed by atoms with E-state index in [0.29, 0.717) is 25.7 Å². The van der Waals surface area contributed by atoms with E-state index >= 15 is 0 Å². The molecule has 2 aromatic carbocycles. The third-order valence-electron chi connectivity index (χ3n) is 4.77. The van der Waals surface area contributed by atoms with Crippen molar-refractivity contribution in [1.29, 1.82) is 0 Å². The van der Waals surface area contributed by atoms with E-state index < -0.39 is 58.6 Å². The molecule has 0 spiro atoms. The normalized spacial score (nSPS) is 18.5. The Hall–Kier alpha value is -3.82. The molecule has 3 rings (SSSR count). The van der Waals surface area contributed by atoms with Crippen LogP contribution in [0.25, 0.3) is 0 Å². The SMILES string of the molecule is O=C(O[C@H]1CCCC[C@@H]1OC(=O)c1cc(O)c(O)c(O)c1)c1cc(O)c(O)c(O)c1. The Kier molecular flexibility index (Phi) is 5.77. The summed E-state index contributed by atoms with van der Waals surface area (Å²) in [6.45, 7) is 0. The fourth-order valence-corrected chi connectivity index (χ4v) is 3.19. The van der Waals surface area contributed by atoms with Gasteiger partial charge in [0.1, 0.15) is 12.2 Å². The molecule has 1 fully saturated rings. The molecule has 0 unspecified atom stereocenters. The van der Waals surface area contributed by atoms with Gasteiger partial charge in [0.25, 0.3) is 0 Å². The molecule has 2 aromatic rings. The highest BCUT2D eigenvalue weighted by Crippen LogP contribution is 2.37. The van der Waals surface area contributed by atoms with E-state index in [0.717, 1.165) is 24.3 Å². The summed E-state index contributed by atoms with van der Waals surface area (Å²) < 4.78 is 10.8. The number of aromatic hydroxyl groups is 6. The van der Waals surface area contributed by atoms with Gasteiger partial charge in [-0.25, -0.2) is 9.59 Å². The standard InChI is InChI=1S/C20H20O10/c21-11-5-9(6-12(22)17(11)25)19(27)29-15-3-1-2-4-16(15)30-20(28)10-7-13(23)18(26)14(24)8-10/h5-8,15-16,21-26H,1-4H2/t15-,16-/m0/s1. The zero-order valence-electron chi connectivity index (χ0n) is 15.6. The third kappa shape index (κ3) is 4.27. The van der Waals surface area contributed by atoms with Crippen LogP contribution in [-0.4, -0.2) is 54.8 Å². The Morgan fingerprint density at radius 2 is 0.933 bits per heavy atom. The number of hydrogen-bond donors (Lipinski definition) is 6. The quantitative estimate of drug-likeness (QED) is 0.318. The van der Waals surface area contributed by atoms with Crippen molar-refractivity contribution in [3.05, 3.63) is 35.4 Å². The first-order valence-electron chi connectivity index (χ1n) is 9.09. The van der Waals surface area contributed by atoms with Gasteiger partial charge in [0.15, 0.2) is 34.5 Å². The summed E-state index contributed by atoms with van der Waals surface area (Å²) in [6, 6.07) is 3.74. The predicted molar refractivity (Wildman–Crippen MR) is 99.7 cm³/mol. The van der Waals surface area contributed by atoms with Crippen LogP contribution in [0.1, 0.15) is 46.4 Å². The van der Waals surface area contributed by atoms with Crippen LogP contribution in [0.15, 0.2) is 24.3 Å². The van der Waals surface area contributed by atoms with Crippen molar-refractivity contribution in [2.45, 2.75) is 37.9 Å². The molecule has 0 radical (unpaired) electrons. The molecule has 0 aromatic heterocycles. The van der Waals surface area contributed by atoms with Gasteiger partial charge in [0, 0.05) is 0 Å². The van der Waals surface area contributed by atoms with Crippen LogP contribution in [0.3, 0.4) is 0 Å². The number of hydrogen-bond acceptors (Lipinski definition) is 10. The Morgan fingerprint density at radius 1 is 0.633 bits per heavy atom. The van der Waals surface area contributed by atoms with Crippen molar-refractivity contribution in [3.8, 4) is 34.5 Å². The van der Waals surface area contributed by atoms with Crippen LogP contribution >= 0.6 is 0 Å².